The first kappa shape index (κ1) is 11.9. The van der Waals surface area contributed by atoms with Gasteiger partial charge in [-0.05, 0) is 25.0 Å². The van der Waals surface area contributed by atoms with Gasteiger partial charge in [-0.15, -0.1) is 0 Å². The Morgan fingerprint density at radius 1 is 1.53 bits per heavy atom. The molecule has 5 heteroatoms. The summed E-state index contributed by atoms with van der Waals surface area (Å²) >= 11 is 0. The molecule has 1 aliphatic rings. The van der Waals surface area contributed by atoms with Crippen LogP contribution in [-0.4, -0.2) is 35.6 Å². The molecule has 2 heterocycles. The highest BCUT2D eigenvalue weighted by Crippen LogP contribution is 2.16. The molecule has 0 spiro atoms. The summed E-state index contributed by atoms with van der Waals surface area (Å²) in [6.07, 6.45) is 2.07. The molecule has 1 aliphatic heterocycles. The Hall–Kier alpha value is -1.62. The number of rotatable bonds is 2. The molecule has 2 rings (SSSR count). The fraction of sp³-hybridized carbons (Fsp3) is 0.500. The Morgan fingerprint density at radius 3 is 3.00 bits per heavy atom. The predicted octanol–water partition coefficient (Wildman–Crippen LogP) is 0.461. The van der Waals surface area contributed by atoms with Crippen molar-refractivity contribution >= 4 is 11.7 Å². The average molecular weight is 235 g/mol. The Bertz CT molecular complexity index is 389. The van der Waals surface area contributed by atoms with E-state index in [1.807, 2.05) is 17.0 Å². The zero-order valence-corrected chi connectivity index (χ0v) is 9.89. The van der Waals surface area contributed by atoms with Crippen molar-refractivity contribution in [1.82, 2.24) is 10.3 Å². The molecular formula is C12H17N3O2. The third-order valence-electron chi connectivity index (χ3n) is 2.84. The minimum Gasteiger partial charge on any atom is -0.389 e. The van der Waals surface area contributed by atoms with Crippen molar-refractivity contribution in [2.75, 3.05) is 24.5 Å². The molecule has 1 unspecified atom stereocenters. The van der Waals surface area contributed by atoms with Crippen LogP contribution in [0.1, 0.15) is 25.0 Å². The quantitative estimate of drug-likeness (QED) is 0.781. The Morgan fingerprint density at radius 2 is 2.35 bits per heavy atom. The van der Waals surface area contributed by atoms with Crippen molar-refractivity contribution in [2.24, 2.45) is 0 Å². The van der Waals surface area contributed by atoms with Crippen LogP contribution in [0, 0.1) is 0 Å². The molecule has 1 aromatic heterocycles. The Balaban J connectivity index is 2.12. The summed E-state index contributed by atoms with van der Waals surface area (Å²) in [4.78, 5) is 17.7. The van der Waals surface area contributed by atoms with Crippen LogP contribution in [0.5, 0.6) is 0 Å². The minimum absolute atomic E-state index is 0.0314. The zero-order chi connectivity index (χ0) is 12.3. The second-order valence-electron chi connectivity index (χ2n) is 4.25. The lowest BCUT2D eigenvalue weighted by atomic mass is 10.2. The van der Waals surface area contributed by atoms with Gasteiger partial charge in [0.1, 0.15) is 5.82 Å². The first-order valence-electron chi connectivity index (χ1n) is 5.82. The van der Waals surface area contributed by atoms with E-state index in [1.165, 1.54) is 0 Å². The standard InChI is InChI=1S/C12H17N3O2/c1-9(16)10-3-4-11(14-7-10)15-6-2-5-13-12(17)8-15/h3-4,7,9,16H,2,5-6,8H2,1H3,(H,13,17). The number of aromatic nitrogens is 1. The summed E-state index contributed by atoms with van der Waals surface area (Å²) in [5.74, 6) is 0.815. The van der Waals surface area contributed by atoms with Gasteiger partial charge in [0.2, 0.25) is 5.91 Å². The number of aliphatic hydroxyl groups is 1. The molecule has 0 radical (unpaired) electrons. The molecule has 1 amide bonds. The van der Waals surface area contributed by atoms with E-state index in [9.17, 15) is 9.90 Å². The molecule has 0 bridgehead atoms. The maximum atomic E-state index is 11.4. The topological polar surface area (TPSA) is 65.5 Å². The number of carbonyl (C=O) groups is 1. The summed E-state index contributed by atoms with van der Waals surface area (Å²) in [5.41, 5.74) is 0.785. The number of nitrogens with one attached hydrogen (secondary N) is 1. The van der Waals surface area contributed by atoms with E-state index in [4.69, 9.17) is 0 Å². The van der Waals surface area contributed by atoms with E-state index < -0.39 is 6.10 Å². The largest absolute Gasteiger partial charge is 0.389 e. The number of aliphatic hydroxyl groups excluding tert-OH is 1. The first-order valence-corrected chi connectivity index (χ1v) is 5.82. The Labute approximate surface area is 100 Å². The Kier molecular flexibility index (Phi) is 3.58. The van der Waals surface area contributed by atoms with Gasteiger partial charge in [-0.25, -0.2) is 4.98 Å². The number of nitrogens with zero attached hydrogens (tertiary/aromatic N) is 2. The van der Waals surface area contributed by atoms with Gasteiger partial charge in [0, 0.05) is 19.3 Å². The van der Waals surface area contributed by atoms with Gasteiger partial charge in [0.25, 0.3) is 0 Å². The number of pyridine rings is 1. The van der Waals surface area contributed by atoms with Crippen LogP contribution in [0.4, 0.5) is 5.82 Å². The molecule has 17 heavy (non-hydrogen) atoms. The van der Waals surface area contributed by atoms with E-state index in [0.29, 0.717) is 6.54 Å². The van der Waals surface area contributed by atoms with Crippen LogP contribution in [0.2, 0.25) is 0 Å². The monoisotopic (exact) mass is 235 g/mol. The molecule has 0 aromatic carbocycles. The summed E-state index contributed by atoms with van der Waals surface area (Å²) in [5, 5.41) is 12.2. The highest BCUT2D eigenvalue weighted by molar-refractivity contribution is 5.81. The zero-order valence-electron chi connectivity index (χ0n) is 9.89. The molecule has 5 nitrogen and oxygen atoms in total. The van der Waals surface area contributed by atoms with E-state index in [0.717, 1.165) is 30.9 Å². The van der Waals surface area contributed by atoms with E-state index in [-0.39, 0.29) is 5.91 Å². The van der Waals surface area contributed by atoms with Gasteiger partial charge in [-0.2, -0.15) is 0 Å². The number of anilines is 1. The van der Waals surface area contributed by atoms with E-state index in [2.05, 4.69) is 10.3 Å². The van der Waals surface area contributed by atoms with E-state index in [1.54, 1.807) is 13.1 Å². The van der Waals surface area contributed by atoms with Crippen LogP contribution in [-0.2, 0) is 4.79 Å². The maximum absolute atomic E-state index is 11.4. The summed E-state index contributed by atoms with van der Waals surface area (Å²) in [6, 6.07) is 3.69. The van der Waals surface area contributed by atoms with Gasteiger partial charge in [0.05, 0.1) is 12.6 Å². The van der Waals surface area contributed by atoms with Gasteiger partial charge in [-0.1, -0.05) is 6.07 Å². The molecule has 1 aromatic rings. The SMILES string of the molecule is CC(O)c1ccc(N2CCCNC(=O)C2)nc1. The molecule has 2 N–H and O–H groups in total. The number of amides is 1. The molecule has 1 atom stereocenters. The summed E-state index contributed by atoms with van der Waals surface area (Å²) in [6.45, 7) is 3.60. The van der Waals surface area contributed by atoms with Gasteiger partial charge in [0.15, 0.2) is 0 Å². The third-order valence-corrected chi connectivity index (χ3v) is 2.84. The summed E-state index contributed by atoms with van der Waals surface area (Å²) < 4.78 is 0. The van der Waals surface area contributed by atoms with Crippen molar-refractivity contribution in [3.8, 4) is 0 Å². The molecule has 92 valence electrons. The fourth-order valence-electron chi connectivity index (χ4n) is 1.83. The van der Waals surface area contributed by atoms with Crippen LogP contribution in [0.25, 0.3) is 0 Å². The maximum Gasteiger partial charge on any atom is 0.239 e. The normalized spacial score (nSPS) is 18.5. The summed E-state index contributed by atoms with van der Waals surface area (Å²) in [7, 11) is 0. The molecule has 0 saturated carbocycles. The lowest BCUT2D eigenvalue weighted by molar-refractivity contribution is -0.119. The van der Waals surface area contributed by atoms with Crippen LogP contribution < -0.4 is 10.2 Å². The minimum atomic E-state index is -0.510. The second-order valence-corrected chi connectivity index (χ2v) is 4.25. The third kappa shape index (κ3) is 2.94. The number of carbonyl (C=O) groups excluding carboxylic acids is 1. The van der Waals surface area contributed by atoms with Gasteiger partial charge >= 0.3 is 0 Å². The first-order chi connectivity index (χ1) is 8.16. The molecule has 1 saturated heterocycles. The lowest BCUT2D eigenvalue weighted by Gasteiger charge is -2.20. The number of hydrogen-bond donors (Lipinski definition) is 2. The molecular weight excluding hydrogens is 218 g/mol. The molecule has 1 fully saturated rings. The van der Waals surface area contributed by atoms with Gasteiger partial charge < -0.3 is 15.3 Å². The predicted molar refractivity (Wildman–Crippen MR) is 64.7 cm³/mol. The highest BCUT2D eigenvalue weighted by atomic mass is 16.3. The highest BCUT2D eigenvalue weighted by Gasteiger charge is 2.15. The van der Waals surface area contributed by atoms with Crippen molar-refractivity contribution < 1.29 is 9.90 Å². The number of hydrogen-bond acceptors (Lipinski definition) is 4. The molecule has 0 aliphatic carbocycles. The van der Waals surface area contributed by atoms with Crippen LogP contribution >= 0.6 is 0 Å². The smallest absolute Gasteiger partial charge is 0.239 e. The van der Waals surface area contributed by atoms with Crippen molar-refractivity contribution in [1.29, 1.82) is 0 Å². The van der Waals surface area contributed by atoms with Crippen LogP contribution in [0.15, 0.2) is 18.3 Å². The second kappa shape index (κ2) is 5.14. The van der Waals surface area contributed by atoms with E-state index >= 15 is 0 Å². The van der Waals surface area contributed by atoms with Crippen molar-refractivity contribution in [2.45, 2.75) is 19.4 Å². The van der Waals surface area contributed by atoms with Crippen LogP contribution in [0.3, 0.4) is 0 Å². The average Bonchev–Trinajstić information content (AvgIpc) is 2.54. The lowest BCUT2D eigenvalue weighted by Crippen LogP contribution is -2.33. The van der Waals surface area contributed by atoms with Gasteiger partial charge in [-0.3, -0.25) is 4.79 Å². The van der Waals surface area contributed by atoms with Crippen molar-refractivity contribution in [3.63, 3.8) is 0 Å². The van der Waals surface area contributed by atoms with Crippen molar-refractivity contribution in [3.05, 3.63) is 23.9 Å². The fourth-order valence-corrected chi connectivity index (χ4v) is 1.83.